The number of nitrogens with one attached hydrogen (secondary N) is 2. The number of ether oxygens (including phenoxy) is 3. The Kier molecular flexibility index (Phi) is 9.66. The maximum atomic E-state index is 12.6. The predicted octanol–water partition coefficient (Wildman–Crippen LogP) is 5.68. The van der Waals surface area contributed by atoms with Crippen molar-refractivity contribution < 1.29 is 28.6 Å². The average molecular weight is 505 g/mol. The number of carbonyl (C=O) groups excluding carboxylic acids is 3. The lowest BCUT2D eigenvalue weighted by Gasteiger charge is -2.18. The van der Waals surface area contributed by atoms with E-state index < -0.39 is 12.3 Å². The number of anilines is 1. The fourth-order valence-electron chi connectivity index (χ4n) is 3.46. The highest BCUT2D eigenvalue weighted by molar-refractivity contribution is 5.95. The molecule has 1 unspecified atom stereocenters. The molecule has 37 heavy (non-hydrogen) atoms. The first-order valence-electron chi connectivity index (χ1n) is 12.1. The molecular formula is C29H32N2O6. The van der Waals surface area contributed by atoms with Crippen molar-refractivity contribution in [3.63, 3.8) is 0 Å². The van der Waals surface area contributed by atoms with Crippen LogP contribution in [0.25, 0.3) is 0 Å². The van der Waals surface area contributed by atoms with Gasteiger partial charge in [-0.2, -0.15) is 0 Å². The van der Waals surface area contributed by atoms with Crippen LogP contribution in [0.15, 0.2) is 72.8 Å². The van der Waals surface area contributed by atoms with Crippen molar-refractivity contribution in [1.82, 2.24) is 5.32 Å². The molecule has 0 aliphatic carbocycles. The van der Waals surface area contributed by atoms with Crippen molar-refractivity contribution in [2.75, 3.05) is 11.9 Å². The van der Waals surface area contributed by atoms with Gasteiger partial charge in [0.05, 0.1) is 6.61 Å². The highest BCUT2D eigenvalue weighted by atomic mass is 16.7. The van der Waals surface area contributed by atoms with Gasteiger partial charge in [0.1, 0.15) is 11.5 Å². The third-order valence-corrected chi connectivity index (χ3v) is 5.47. The van der Waals surface area contributed by atoms with E-state index in [1.165, 1.54) is 12.1 Å². The van der Waals surface area contributed by atoms with Crippen LogP contribution in [0.4, 0.5) is 10.5 Å². The lowest BCUT2D eigenvalue weighted by Crippen LogP contribution is -2.30. The normalized spacial score (nSPS) is 11.4. The minimum Gasteiger partial charge on any atom is -0.481 e. The van der Waals surface area contributed by atoms with Gasteiger partial charge in [-0.15, -0.1) is 0 Å². The van der Waals surface area contributed by atoms with E-state index in [9.17, 15) is 14.4 Å². The Labute approximate surface area is 216 Å². The lowest BCUT2D eigenvalue weighted by molar-refractivity contribution is -0.122. The molecule has 8 nitrogen and oxygen atoms in total. The van der Waals surface area contributed by atoms with Gasteiger partial charge in [0.2, 0.25) is 0 Å². The summed E-state index contributed by atoms with van der Waals surface area (Å²) in [5.41, 5.74) is 2.97. The summed E-state index contributed by atoms with van der Waals surface area (Å²) in [7, 11) is 0. The predicted molar refractivity (Wildman–Crippen MR) is 141 cm³/mol. The van der Waals surface area contributed by atoms with Crippen LogP contribution in [0.3, 0.4) is 0 Å². The standard InChI is InChI=1S/C29H32N2O6/c1-5-35-29(34)37-24-16-12-22(13-17-24)28(33)30-18-21-10-14-23(15-11-21)31-27(32)20(4)36-26-9-7-6-8-25(26)19(2)3/h6-17,19-20H,5,18H2,1-4H3,(H,30,33)(H,31,32). The maximum Gasteiger partial charge on any atom is 0.513 e. The molecule has 0 bridgehead atoms. The molecule has 2 amide bonds. The van der Waals surface area contributed by atoms with Gasteiger partial charge in [0.15, 0.2) is 6.10 Å². The van der Waals surface area contributed by atoms with E-state index in [-0.39, 0.29) is 30.1 Å². The van der Waals surface area contributed by atoms with E-state index >= 15 is 0 Å². The molecule has 3 aromatic rings. The minimum absolute atomic E-state index is 0.216. The summed E-state index contributed by atoms with van der Waals surface area (Å²) in [4.78, 5) is 36.4. The monoisotopic (exact) mass is 504 g/mol. The minimum atomic E-state index is -0.794. The maximum absolute atomic E-state index is 12.6. The molecular weight excluding hydrogens is 472 g/mol. The van der Waals surface area contributed by atoms with Crippen LogP contribution in [0, 0.1) is 0 Å². The Morgan fingerprint density at radius 1 is 0.865 bits per heavy atom. The molecule has 0 aromatic heterocycles. The molecule has 8 heteroatoms. The van der Waals surface area contributed by atoms with Crippen LogP contribution < -0.4 is 20.1 Å². The van der Waals surface area contributed by atoms with Gasteiger partial charge >= 0.3 is 6.16 Å². The van der Waals surface area contributed by atoms with Crippen molar-refractivity contribution in [3.05, 3.63) is 89.5 Å². The molecule has 1 atom stereocenters. The van der Waals surface area contributed by atoms with Crippen molar-refractivity contribution in [1.29, 1.82) is 0 Å². The second-order valence-corrected chi connectivity index (χ2v) is 8.63. The zero-order valence-corrected chi connectivity index (χ0v) is 21.4. The third kappa shape index (κ3) is 8.10. The first kappa shape index (κ1) is 27.3. The molecule has 0 heterocycles. The topological polar surface area (TPSA) is 103 Å². The molecule has 0 saturated carbocycles. The second-order valence-electron chi connectivity index (χ2n) is 8.63. The van der Waals surface area contributed by atoms with Crippen molar-refractivity contribution in [3.8, 4) is 11.5 Å². The van der Waals surface area contributed by atoms with Crippen LogP contribution in [-0.4, -0.2) is 30.7 Å². The average Bonchev–Trinajstić information content (AvgIpc) is 2.88. The highest BCUT2D eigenvalue weighted by Crippen LogP contribution is 2.27. The van der Waals surface area contributed by atoms with E-state index in [1.54, 1.807) is 38.1 Å². The summed E-state index contributed by atoms with van der Waals surface area (Å²) < 4.78 is 15.6. The SMILES string of the molecule is CCOC(=O)Oc1ccc(C(=O)NCc2ccc(NC(=O)C(C)Oc3ccccc3C(C)C)cc2)cc1. The first-order chi connectivity index (χ1) is 17.8. The zero-order valence-electron chi connectivity index (χ0n) is 21.4. The van der Waals surface area contributed by atoms with Crippen molar-refractivity contribution >= 4 is 23.7 Å². The van der Waals surface area contributed by atoms with Crippen LogP contribution in [0.5, 0.6) is 11.5 Å². The number of hydrogen-bond acceptors (Lipinski definition) is 6. The molecule has 0 spiro atoms. The zero-order chi connectivity index (χ0) is 26.8. The summed E-state index contributed by atoms with van der Waals surface area (Å²) in [5, 5.41) is 5.70. The van der Waals surface area contributed by atoms with Gasteiger partial charge in [-0.3, -0.25) is 9.59 Å². The van der Waals surface area contributed by atoms with Gasteiger partial charge in [0.25, 0.3) is 11.8 Å². The summed E-state index contributed by atoms with van der Waals surface area (Å²) >= 11 is 0. The van der Waals surface area contributed by atoms with Crippen molar-refractivity contribution in [2.24, 2.45) is 0 Å². The molecule has 3 aromatic carbocycles. The Morgan fingerprint density at radius 3 is 2.19 bits per heavy atom. The molecule has 0 saturated heterocycles. The third-order valence-electron chi connectivity index (χ3n) is 5.47. The van der Waals surface area contributed by atoms with E-state index in [0.717, 1.165) is 11.1 Å². The quantitative estimate of drug-likeness (QED) is 0.272. The fourth-order valence-corrected chi connectivity index (χ4v) is 3.46. The Balaban J connectivity index is 1.49. The van der Waals surface area contributed by atoms with E-state index in [4.69, 9.17) is 14.2 Å². The molecule has 0 aliphatic rings. The second kappa shape index (κ2) is 13.1. The van der Waals surface area contributed by atoms with Gasteiger partial charge in [-0.25, -0.2) is 4.79 Å². The molecule has 0 fully saturated rings. The summed E-state index contributed by atoms with van der Waals surface area (Å²) in [5.74, 6) is 0.746. The Bertz CT molecular complexity index is 1210. The van der Waals surface area contributed by atoms with Gasteiger partial charge < -0.3 is 24.8 Å². The number of rotatable bonds is 10. The van der Waals surface area contributed by atoms with Crippen LogP contribution in [0.1, 0.15) is 55.1 Å². The number of benzene rings is 3. The number of hydrogen-bond donors (Lipinski definition) is 2. The fraction of sp³-hybridized carbons (Fsp3) is 0.276. The molecule has 2 N–H and O–H groups in total. The van der Waals surface area contributed by atoms with E-state index in [2.05, 4.69) is 24.5 Å². The summed E-state index contributed by atoms with van der Waals surface area (Å²) in [6.45, 7) is 8.08. The largest absolute Gasteiger partial charge is 0.513 e. The molecule has 0 radical (unpaired) electrons. The molecule has 194 valence electrons. The van der Waals surface area contributed by atoms with E-state index in [1.807, 2.05) is 36.4 Å². The number of para-hydroxylation sites is 1. The smallest absolute Gasteiger partial charge is 0.481 e. The van der Waals surface area contributed by atoms with Gasteiger partial charge in [-0.1, -0.05) is 44.2 Å². The van der Waals surface area contributed by atoms with Gasteiger partial charge in [-0.05, 0) is 73.4 Å². The van der Waals surface area contributed by atoms with Crippen LogP contribution in [-0.2, 0) is 16.1 Å². The molecule has 0 aliphatic heterocycles. The highest BCUT2D eigenvalue weighted by Gasteiger charge is 2.17. The Morgan fingerprint density at radius 2 is 1.54 bits per heavy atom. The lowest BCUT2D eigenvalue weighted by atomic mass is 10.0. The molecule has 3 rings (SSSR count). The number of amides is 2. The summed E-state index contributed by atoms with van der Waals surface area (Å²) in [6.07, 6.45) is -1.47. The first-order valence-corrected chi connectivity index (χ1v) is 12.1. The summed E-state index contributed by atoms with van der Waals surface area (Å²) in [6, 6.07) is 21.1. The van der Waals surface area contributed by atoms with Crippen LogP contribution in [0.2, 0.25) is 0 Å². The van der Waals surface area contributed by atoms with Crippen molar-refractivity contribution in [2.45, 2.75) is 46.3 Å². The Hall–Kier alpha value is -4.33. The number of carbonyl (C=O) groups is 3. The van der Waals surface area contributed by atoms with Gasteiger partial charge in [0, 0.05) is 17.8 Å². The van der Waals surface area contributed by atoms with Crippen LogP contribution >= 0.6 is 0 Å². The van der Waals surface area contributed by atoms with E-state index in [0.29, 0.717) is 23.5 Å².